The zero-order chi connectivity index (χ0) is 17.9. The van der Waals surface area contributed by atoms with Gasteiger partial charge in [0.15, 0.2) is 11.5 Å². The zero-order valence-electron chi connectivity index (χ0n) is 13.7. The first-order valence-corrected chi connectivity index (χ1v) is 9.19. The Balaban J connectivity index is 2.49. The Morgan fingerprint density at radius 1 is 0.917 bits per heavy atom. The lowest BCUT2D eigenvalue weighted by Gasteiger charge is -2.16. The van der Waals surface area contributed by atoms with Crippen molar-refractivity contribution in [3.05, 3.63) is 40.4 Å². The van der Waals surface area contributed by atoms with Crippen molar-refractivity contribution in [3.8, 4) is 17.2 Å². The lowest BCUT2D eigenvalue weighted by atomic mass is 10.2. The molecule has 0 aliphatic heterocycles. The van der Waals surface area contributed by atoms with Crippen molar-refractivity contribution >= 4 is 31.6 Å². The SMILES string of the molecule is COc1cc(C)c(NS(=O)(=O)c2cc(Br)ccc2OC)cc1OC. The Morgan fingerprint density at radius 2 is 1.50 bits per heavy atom. The van der Waals surface area contributed by atoms with Crippen molar-refractivity contribution in [1.29, 1.82) is 0 Å². The molecule has 24 heavy (non-hydrogen) atoms. The van der Waals surface area contributed by atoms with Gasteiger partial charge in [-0.3, -0.25) is 4.72 Å². The predicted octanol–water partition coefficient (Wildman–Crippen LogP) is 3.58. The number of aryl methyl sites for hydroxylation is 1. The number of halogens is 1. The number of rotatable bonds is 6. The van der Waals surface area contributed by atoms with Gasteiger partial charge in [0, 0.05) is 10.5 Å². The van der Waals surface area contributed by atoms with Crippen molar-refractivity contribution in [3.63, 3.8) is 0 Å². The summed E-state index contributed by atoms with van der Waals surface area (Å²) in [5, 5.41) is 0. The average molecular weight is 416 g/mol. The van der Waals surface area contributed by atoms with E-state index in [1.807, 2.05) is 0 Å². The molecule has 0 bridgehead atoms. The molecule has 2 rings (SSSR count). The summed E-state index contributed by atoms with van der Waals surface area (Å²) in [7, 11) is 0.584. The Bertz CT molecular complexity index is 852. The lowest BCUT2D eigenvalue weighted by molar-refractivity contribution is 0.355. The monoisotopic (exact) mass is 415 g/mol. The lowest BCUT2D eigenvalue weighted by Crippen LogP contribution is -2.15. The number of sulfonamides is 1. The highest BCUT2D eigenvalue weighted by molar-refractivity contribution is 9.10. The smallest absolute Gasteiger partial charge is 0.265 e. The van der Waals surface area contributed by atoms with Gasteiger partial charge in [-0.15, -0.1) is 0 Å². The standard InChI is InChI=1S/C16H18BrNO5S/c1-10-7-14(22-3)15(23-4)9-12(10)18-24(19,20)16-8-11(17)5-6-13(16)21-2/h5-9,18H,1-4H3. The summed E-state index contributed by atoms with van der Waals surface area (Å²) in [4.78, 5) is 0.0357. The highest BCUT2D eigenvalue weighted by Gasteiger charge is 2.22. The van der Waals surface area contributed by atoms with E-state index in [9.17, 15) is 8.42 Å². The summed E-state index contributed by atoms with van der Waals surface area (Å²) in [5.41, 5.74) is 1.10. The number of ether oxygens (including phenoxy) is 3. The van der Waals surface area contributed by atoms with Crippen LogP contribution in [-0.4, -0.2) is 29.7 Å². The molecule has 0 radical (unpaired) electrons. The summed E-state index contributed by atoms with van der Waals surface area (Å²) in [6, 6.07) is 8.06. The fourth-order valence-corrected chi connectivity index (χ4v) is 3.98. The Morgan fingerprint density at radius 3 is 2.08 bits per heavy atom. The molecule has 2 aromatic carbocycles. The minimum atomic E-state index is -3.85. The van der Waals surface area contributed by atoms with Crippen molar-refractivity contribution < 1.29 is 22.6 Å². The van der Waals surface area contributed by atoms with Gasteiger partial charge in [-0.05, 0) is 36.8 Å². The first-order valence-electron chi connectivity index (χ1n) is 6.91. The Hall–Kier alpha value is -1.93. The molecule has 8 heteroatoms. The molecule has 0 saturated carbocycles. The van der Waals surface area contributed by atoms with Crippen LogP contribution in [0.4, 0.5) is 5.69 Å². The third kappa shape index (κ3) is 3.76. The summed E-state index contributed by atoms with van der Waals surface area (Å²) >= 11 is 3.28. The van der Waals surface area contributed by atoms with Crippen molar-refractivity contribution in [2.24, 2.45) is 0 Å². The van der Waals surface area contributed by atoms with Crippen LogP contribution in [0.1, 0.15) is 5.56 Å². The van der Waals surface area contributed by atoms with Crippen LogP contribution in [-0.2, 0) is 10.0 Å². The Labute approximate surface area is 149 Å². The van der Waals surface area contributed by atoms with Gasteiger partial charge in [-0.25, -0.2) is 8.42 Å². The van der Waals surface area contributed by atoms with Crippen LogP contribution in [0.5, 0.6) is 17.2 Å². The van der Waals surface area contributed by atoms with E-state index in [-0.39, 0.29) is 10.6 Å². The van der Waals surface area contributed by atoms with Crippen molar-refractivity contribution in [1.82, 2.24) is 0 Å². The van der Waals surface area contributed by atoms with E-state index in [2.05, 4.69) is 20.7 Å². The molecule has 2 aromatic rings. The van der Waals surface area contributed by atoms with E-state index in [1.165, 1.54) is 27.4 Å². The fraction of sp³-hybridized carbons (Fsp3) is 0.250. The number of hydrogen-bond acceptors (Lipinski definition) is 5. The Kier molecular flexibility index (Phi) is 5.61. The molecular formula is C16H18BrNO5S. The van der Waals surface area contributed by atoms with Crippen LogP contribution in [0.2, 0.25) is 0 Å². The molecule has 0 unspecified atom stereocenters. The van der Waals surface area contributed by atoms with Gasteiger partial charge in [-0.2, -0.15) is 0 Å². The second-order valence-corrected chi connectivity index (χ2v) is 7.49. The molecule has 0 heterocycles. The summed E-state index contributed by atoms with van der Waals surface area (Å²) < 4.78 is 44.3. The molecule has 0 atom stereocenters. The van der Waals surface area contributed by atoms with Gasteiger partial charge in [0.25, 0.3) is 10.0 Å². The highest BCUT2D eigenvalue weighted by atomic mass is 79.9. The van der Waals surface area contributed by atoms with Gasteiger partial charge < -0.3 is 14.2 Å². The van der Waals surface area contributed by atoms with E-state index in [0.29, 0.717) is 27.2 Å². The fourth-order valence-electron chi connectivity index (χ4n) is 2.15. The van der Waals surface area contributed by atoms with Crippen LogP contribution < -0.4 is 18.9 Å². The maximum Gasteiger partial charge on any atom is 0.265 e. The first kappa shape index (κ1) is 18.4. The van der Waals surface area contributed by atoms with Crippen LogP contribution in [0.25, 0.3) is 0 Å². The van der Waals surface area contributed by atoms with Crippen LogP contribution in [0.15, 0.2) is 39.7 Å². The van der Waals surface area contributed by atoms with Gasteiger partial charge in [0.2, 0.25) is 0 Å². The number of hydrogen-bond donors (Lipinski definition) is 1. The summed E-state index contributed by atoms with van der Waals surface area (Å²) in [6.45, 7) is 1.78. The first-order chi connectivity index (χ1) is 11.3. The molecule has 0 aliphatic rings. The molecule has 130 valence electrons. The molecule has 0 aliphatic carbocycles. The second-order valence-electron chi connectivity index (χ2n) is 4.92. The molecule has 0 amide bonds. The topological polar surface area (TPSA) is 73.9 Å². The molecular weight excluding hydrogens is 398 g/mol. The third-order valence-corrected chi connectivity index (χ3v) is 5.27. The molecule has 0 fully saturated rings. The van der Waals surface area contributed by atoms with Gasteiger partial charge in [0.05, 0.1) is 27.0 Å². The summed E-state index contributed by atoms with van der Waals surface area (Å²) in [6.07, 6.45) is 0. The minimum absolute atomic E-state index is 0.0357. The largest absolute Gasteiger partial charge is 0.495 e. The van der Waals surface area contributed by atoms with E-state index in [0.717, 1.165) is 0 Å². The molecule has 0 aromatic heterocycles. The van der Waals surface area contributed by atoms with E-state index in [4.69, 9.17) is 14.2 Å². The predicted molar refractivity (Wildman–Crippen MR) is 95.8 cm³/mol. The molecule has 6 nitrogen and oxygen atoms in total. The normalized spacial score (nSPS) is 11.0. The van der Waals surface area contributed by atoms with Crippen LogP contribution in [0.3, 0.4) is 0 Å². The number of nitrogens with one attached hydrogen (secondary N) is 1. The van der Waals surface area contributed by atoms with E-state index in [1.54, 1.807) is 31.2 Å². The van der Waals surface area contributed by atoms with E-state index < -0.39 is 10.0 Å². The highest BCUT2D eigenvalue weighted by Crippen LogP contribution is 2.35. The van der Waals surface area contributed by atoms with Crippen LogP contribution >= 0.6 is 15.9 Å². The van der Waals surface area contributed by atoms with Gasteiger partial charge in [0.1, 0.15) is 10.6 Å². The molecule has 0 saturated heterocycles. The quantitative estimate of drug-likeness (QED) is 0.779. The van der Waals surface area contributed by atoms with Gasteiger partial charge in [-0.1, -0.05) is 15.9 Å². The average Bonchev–Trinajstić information content (AvgIpc) is 2.56. The molecule has 1 N–H and O–H groups in total. The van der Waals surface area contributed by atoms with Gasteiger partial charge >= 0.3 is 0 Å². The maximum absolute atomic E-state index is 12.8. The number of anilines is 1. The molecule has 0 spiro atoms. The summed E-state index contributed by atoms with van der Waals surface area (Å²) in [5.74, 6) is 1.21. The number of methoxy groups -OCH3 is 3. The van der Waals surface area contributed by atoms with Crippen LogP contribution in [0, 0.1) is 6.92 Å². The van der Waals surface area contributed by atoms with Crippen molar-refractivity contribution in [2.45, 2.75) is 11.8 Å². The number of benzene rings is 2. The third-order valence-electron chi connectivity index (χ3n) is 3.39. The maximum atomic E-state index is 12.8. The minimum Gasteiger partial charge on any atom is -0.495 e. The second kappa shape index (κ2) is 7.31. The van der Waals surface area contributed by atoms with Crippen molar-refractivity contribution in [2.75, 3.05) is 26.1 Å². The zero-order valence-corrected chi connectivity index (χ0v) is 16.1. The van der Waals surface area contributed by atoms with E-state index >= 15 is 0 Å².